The Morgan fingerprint density at radius 1 is 1.06 bits per heavy atom. The maximum Gasteiger partial charge on any atom is 0.272 e. The highest BCUT2D eigenvalue weighted by Crippen LogP contribution is 2.35. The van der Waals surface area contributed by atoms with E-state index in [9.17, 15) is 9.59 Å². The van der Waals surface area contributed by atoms with Crippen molar-refractivity contribution < 1.29 is 4.79 Å². The van der Waals surface area contributed by atoms with Crippen molar-refractivity contribution in [1.29, 1.82) is 0 Å². The molecule has 160 valence electrons. The molecule has 31 heavy (non-hydrogen) atoms. The molecule has 3 aliphatic heterocycles. The number of fused-ring (bicyclic) bond motifs is 5. The standard InChI is InChI=1S/C22H25N7O2/c30-21-16(13-26-8-1-2-9-26)6-7-18-17-10-15(12-28(18)21)11-27(14-17)22(31)19-4-3-5-20-23-24-25-29(19)20/h3-7,15,17H,1-2,8-14H2/t15-,17+/m0/s1. The molecule has 9 nitrogen and oxygen atoms in total. The number of likely N-dealkylation sites (tertiary alicyclic amines) is 2. The molecule has 1 amide bonds. The Balaban J connectivity index is 1.27. The van der Waals surface area contributed by atoms with Crippen molar-refractivity contribution in [3.05, 3.63) is 57.6 Å². The quantitative estimate of drug-likeness (QED) is 0.633. The molecule has 3 aliphatic rings. The summed E-state index contributed by atoms with van der Waals surface area (Å²) in [6.07, 6.45) is 3.46. The molecule has 9 heteroatoms. The molecule has 0 radical (unpaired) electrons. The Kier molecular flexibility index (Phi) is 4.38. The zero-order valence-electron chi connectivity index (χ0n) is 17.4. The summed E-state index contributed by atoms with van der Waals surface area (Å²) < 4.78 is 3.48. The first-order valence-electron chi connectivity index (χ1n) is 11.1. The minimum absolute atomic E-state index is 0.0611. The summed E-state index contributed by atoms with van der Waals surface area (Å²) in [4.78, 5) is 30.8. The molecule has 0 aromatic carbocycles. The second-order valence-corrected chi connectivity index (χ2v) is 9.05. The molecular formula is C22H25N7O2. The SMILES string of the molecule is O=C(c1cccc2nnnn12)N1C[C@@H]2C[C@H](C1)c1ccc(CN3CCCC3)c(=O)n1C2. The van der Waals surface area contributed by atoms with Crippen molar-refractivity contribution in [3.63, 3.8) is 0 Å². The van der Waals surface area contributed by atoms with Crippen molar-refractivity contribution >= 4 is 11.6 Å². The van der Waals surface area contributed by atoms with E-state index in [2.05, 4.69) is 26.5 Å². The van der Waals surface area contributed by atoms with E-state index in [-0.39, 0.29) is 23.3 Å². The van der Waals surface area contributed by atoms with Crippen LogP contribution in [0.15, 0.2) is 35.1 Å². The number of hydrogen-bond acceptors (Lipinski definition) is 6. The fraction of sp³-hybridized carbons (Fsp3) is 0.500. The lowest BCUT2D eigenvalue weighted by Crippen LogP contribution is -2.49. The number of hydrogen-bond donors (Lipinski definition) is 0. The number of carbonyl (C=O) groups excluding carboxylic acids is 1. The Hall–Kier alpha value is -3.07. The van der Waals surface area contributed by atoms with E-state index in [0.29, 0.717) is 31.0 Å². The molecule has 3 aromatic heterocycles. The van der Waals surface area contributed by atoms with Crippen LogP contribution in [0.1, 0.15) is 46.9 Å². The van der Waals surface area contributed by atoms with Crippen LogP contribution in [0.5, 0.6) is 0 Å². The molecule has 0 saturated carbocycles. The first kappa shape index (κ1) is 18.7. The second-order valence-electron chi connectivity index (χ2n) is 9.05. The Labute approximate surface area is 179 Å². The summed E-state index contributed by atoms with van der Waals surface area (Å²) in [6, 6.07) is 9.48. The van der Waals surface area contributed by atoms with Crippen LogP contribution in [0.2, 0.25) is 0 Å². The lowest BCUT2D eigenvalue weighted by atomic mass is 9.83. The maximum atomic E-state index is 13.3. The molecule has 0 aliphatic carbocycles. The molecule has 0 N–H and O–H groups in total. The highest BCUT2D eigenvalue weighted by molar-refractivity contribution is 5.93. The molecule has 0 spiro atoms. The van der Waals surface area contributed by atoms with Crippen molar-refractivity contribution in [3.8, 4) is 0 Å². The molecule has 6 rings (SSSR count). The van der Waals surface area contributed by atoms with E-state index in [1.807, 2.05) is 15.5 Å². The smallest absolute Gasteiger partial charge is 0.272 e. The second kappa shape index (κ2) is 7.26. The first-order chi connectivity index (χ1) is 15.2. The number of carbonyl (C=O) groups is 1. The lowest BCUT2D eigenvalue weighted by Gasteiger charge is -2.43. The van der Waals surface area contributed by atoms with Gasteiger partial charge in [-0.3, -0.25) is 14.5 Å². The average molecular weight is 419 g/mol. The van der Waals surface area contributed by atoms with Crippen LogP contribution < -0.4 is 5.56 Å². The molecule has 2 saturated heterocycles. The van der Waals surface area contributed by atoms with Crippen LogP contribution in [0.3, 0.4) is 0 Å². The van der Waals surface area contributed by atoms with Crippen molar-refractivity contribution in [1.82, 2.24) is 34.4 Å². The normalized spacial score (nSPS) is 23.3. The molecule has 6 heterocycles. The maximum absolute atomic E-state index is 13.3. The summed E-state index contributed by atoms with van der Waals surface area (Å²) in [5.74, 6) is 0.398. The molecular weight excluding hydrogens is 394 g/mol. The third-order valence-corrected chi connectivity index (χ3v) is 7.00. The zero-order valence-corrected chi connectivity index (χ0v) is 17.4. The number of rotatable bonds is 3. The number of aromatic nitrogens is 5. The third kappa shape index (κ3) is 3.15. The summed E-state index contributed by atoms with van der Waals surface area (Å²) >= 11 is 0. The number of pyridine rings is 2. The first-order valence-corrected chi connectivity index (χ1v) is 11.1. The molecule has 3 aromatic rings. The zero-order chi connectivity index (χ0) is 20.9. The van der Waals surface area contributed by atoms with Gasteiger partial charge in [0.05, 0.1) is 0 Å². The van der Waals surface area contributed by atoms with E-state index in [1.165, 1.54) is 17.4 Å². The summed E-state index contributed by atoms with van der Waals surface area (Å²) in [5.41, 5.74) is 3.14. The Morgan fingerprint density at radius 3 is 2.81 bits per heavy atom. The van der Waals surface area contributed by atoms with Crippen LogP contribution in [0.4, 0.5) is 0 Å². The predicted octanol–water partition coefficient (Wildman–Crippen LogP) is 1.14. The minimum atomic E-state index is -0.0611. The van der Waals surface area contributed by atoms with Crippen LogP contribution in [-0.4, -0.2) is 66.5 Å². The highest BCUT2D eigenvalue weighted by atomic mass is 16.2. The molecule has 2 bridgehead atoms. The van der Waals surface area contributed by atoms with Gasteiger partial charge in [0.2, 0.25) is 0 Å². The predicted molar refractivity (Wildman–Crippen MR) is 113 cm³/mol. The van der Waals surface area contributed by atoms with Crippen molar-refractivity contribution in [2.24, 2.45) is 5.92 Å². The van der Waals surface area contributed by atoms with Gasteiger partial charge >= 0.3 is 0 Å². The van der Waals surface area contributed by atoms with E-state index < -0.39 is 0 Å². The summed E-state index contributed by atoms with van der Waals surface area (Å²) in [7, 11) is 0. The van der Waals surface area contributed by atoms with E-state index in [4.69, 9.17) is 0 Å². The fourth-order valence-corrected chi connectivity index (χ4v) is 5.55. The Morgan fingerprint density at radius 2 is 1.94 bits per heavy atom. The van der Waals surface area contributed by atoms with E-state index in [0.717, 1.165) is 37.3 Å². The largest absolute Gasteiger partial charge is 0.336 e. The topological polar surface area (TPSA) is 88.6 Å². The van der Waals surface area contributed by atoms with Crippen LogP contribution in [-0.2, 0) is 13.1 Å². The van der Waals surface area contributed by atoms with Gasteiger partial charge in [-0.1, -0.05) is 12.1 Å². The monoisotopic (exact) mass is 419 g/mol. The molecule has 0 unspecified atom stereocenters. The van der Waals surface area contributed by atoms with E-state index >= 15 is 0 Å². The summed E-state index contributed by atoms with van der Waals surface area (Å²) in [6.45, 7) is 4.84. The van der Waals surface area contributed by atoms with Crippen molar-refractivity contribution in [2.75, 3.05) is 26.2 Å². The van der Waals surface area contributed by atoms with Gasteiger partial charge in [0, 0.05) is 43.4 Å². The van der Waals surface area contributed by atoms with Crippen molar-refractivity contribution in [2.45, 2.75) is 38.3 Å². The van der Waals surface area contributed by atoms with Gasteiger partial charge in [-0.15, -0.1) is 5.10 Å². The van der Waals surface area contributed by atoms with Gasteiger partial charge in [-0.25, -0.2) is 0 Å². The number of piperidine rings is 1. The summed E-state index contributed by atoms with van der Waals surface area (Å²) in [5, 5.41) is 11.6. The van der Waals surface area contributed by atoms with E-state index in [1.54, 1.807) is 18.2 Å². The van der Waals surface area contributed by atoms with Gasteiger partial charge in [-0.2, -0.15) is 4.52 Å². The number of nitrogens with zero attached hydrogens (tertiary/aromatic N) is 7. The average Bonchev–Trinajstić information content (AvgIpc) is 3.47. The highest BCUT2D eigenvalue weighted by Gasteiger charge is 2.37. The lowest BCUT2D eigenvalue weighted by molar-refractivity contribution is 0.0585. The van der Waals surface area contributed by atoms with Crippen LogP contribution in [0, 0.1) is 5.92 Å². The van der Waals surface area contributed by atoms with Gasteiger partial charge in [0.15, 0.2) is 5.65 Å². The van der Waals surface area contributed by atoms with Gasteiger partial charge in [-0.05, 0) is 66.9 Å². The number of amides is 1. The Bertz CT molecular complexity index is 1210. The number of tetrazole rings is 1. The molecule has 2 fully saturated rings. The van der Waals surface area contributed by atoms with Crippen LogP contribution >= 0.6 is 0 Å². The fourth-order valence-electron chi connectivity index (χ4n) is 5.55. The van der Waals surface area contributed by atoms with Gasteiger partial charge < -0.3 is 9.47 Å². The third-order valence-electron chi connectivity index (χ3n) is 7.00. The van der Waals surface area contributed by atoms with Gasteiger partial charge in [0.1, 0.15) is 5.69 Å². The van der Waals surface area contributed by atoms with Crippen LogP contribution in [0.25, 0.3) is 5.65 Å². The van der Waals surface area contributed by atoms with Gasteiger partial charge in [0.25, 0.3) is 11.5 Å². The molecule has 2 atom stereocenters. The minimum Gasteiger partial charge on any atom is -0.336 e.